The summed E-state index contributed by atoms with van der Waals surface area (Å²) in [5, 5.41) is 0. The van der Waals surface area contributed by atoms with Gasteiger partial charge in [0.05, 0.1) is 12.8 Å². The first-order chi connectivity index (χ1) is 12.2. The molecule has 1 aliphatic carbocycles. The molecule has 0 aromatic heterocycles. The van der Waals surface area contributed by atoms with Gasteiger partial charge in [-0.1, -0.05) is 27.4 Å². The standard InChI is InChI=1S/C21H30N2O3/c1-15(16-6-8-18(25-5)9-7-16)22-26-12-19(24)23-14-21(4)11-17(23)10-20(2,3)13-21/h6-9,17,22H,1,10-14H2,2-5H3/t17-,21-/m1/s1. The van der Waals surface area contributed by atoms with Crippen LogP contribution in [0.3, 0.4) is 0 Å². The van der Waals surface area contributed by atoms with Gasteiger partial charge in [-0.3, -0.25) is 15.1 Å². The number of methoxy groups -OCH3 is 1. The Kier molecular flexibility index (Phi) is 5.02. The second-order valence-electron chi connectivity index (χ2n) is 8.83. The molecule has 1 amide bonds. The molecular formula is C21H30N2O3. The molecule has 0 spiro atoms. The number of benzene rings is 1. The predicted octanol–water partition coefficient (Wildman–Crippen LogP) is 3.61. The maximum Gasteiger partial charge on any atom is 0.251 e. The molecule has 5 heteroatoms. The van der Waals surface area contributed by atoms with Gasteiger partial charge in [0.15, 0.2) is 6.61 Å². The fraction of sp³-hybridized carbons (Fsp3) is 0.571. The fourth-order valence-electron chi connectivity index (χ4n) is 4.87. The predicted molar refractivity (Wildman–Crippen MR) is 102 cm³/mol. The minimum Gasteiger partial charge on any atom is -0.497 e. The van der Waals surface area contributed by atoms with E-state index < -0.39 is 0 Å². The Morgan fingerprint density at radius 1 is 1.27 bits per heavy atom. The van der Waals surface area contributed by atoms with Gasteiger partial charge in [0.2, 0.25) is 0 Å². The molecule has 1 saturated carbocycles. The molecule has 0 radical (unpaired) electrons. The summed E-state index contributed by atoms with van der Waals surface area (Å²) in [5.74, 6) is 0.834. The van der Waals surface area contributed by atoms with E-state index in [1.807, 2.05) is 29.2 Å². The molecule has 2 fully saturated rings. The molecule has 1 aromatic rings. The van der Waals surface area contributed by atoms with Gasteiger partial charge in [-0.05, 0) is 59.9 Å². The molecule has 1 saturated heterocycles. The van der Waals surface area contributed by atoms with Crippen molar-refractivity contribution in [3.05, 3.63) is 36.4 Å². The third-order valence-electron chi connectivity index (χ3n) is 5.56. The van der Waals surface area contributed by atoms with Crippen molar-refractivity contribution >= 4 is 11.6 Å². The lowest BCUT2D eigenvalue weighted by Gasteiger charge is -2.39. The van der Waals surface area contributed by atoms with Gasteiger partial charge in [0, 0.05) is 12.6 Å². The summed E-state index contributed by atoms with van der Waals surface area (Å²) in [6.07, 6.45) is 3.35. The highest BCUT2D eigenvalue weighted by Crippen LogP contribution is 2.52. The largest absolute Gasteiger partial charge is 0.497 e. The number of rotatable bonds is 6. The zero-order valence-corrected chi connectivity index (χ0v) is 16.3. The maximum absolute atomic E-state index is 12.7. The second kappa shape index (κ2) is 6.95. The molecule has 3 rings (SSSR count). The molecule has 142 valence electrons. The van der Waals surface area contributed by atoms with Crippen LogP contribution in [0.15, 0.2) is 30.8 Å². The average Bonchev–Trinajstić information content (AvgIpc) is 2.83. The lowest BCUT2D eigenvalue weighted by atomic mass is 9.65. The van der Waals surface area contributed by atoms with Crippen LogP contribution in [0.1, 0.15) is 45.6 Å². The zero-order valence-electron chi connectivity index (χ0n) is 16.3. The van der Waals surface area contributed by atoms with Crippen molar-refractivity contribution in [3.63, 3.8) is 0 Å². The number of fused-ring (bicyclic) bond motifs is 2. The number of hydrogen-bond acceptors (Lipinski definition) is 4. The number of nitrogens with one attached hydrogen (secondary N) is 1. The average molecular weight is 358 g/mol. The van der Waals surface area contributed by atoms with Gasteiger partial charge >= 0.3 is 0 Å². The van der Waals surface area contributed by atoms with Gasteiger partial charge in [0.25, 0.3) is 5.91 Å². The zero-order chi connectivity index (χ0) is 18.9. The van der Waals surface area contributed by atoms with Gasteiger partial charge < -0.3 is 9.64 Å². The summed E-state index contributed by atoms with van der Waals surface area (Å²) < 4.78 is 5.14. The summed E-state index contributed by atoms with van der Waals surface area (Å²) in [6.45, 7) is 11.7. The van der Waals surface area contributed by atoms with Crippen LogP contribution in [0.4, 0.5) is 0 Å². The van der Waals surface area contributed by atoms with Gasteiger partial charge in [0.1, 0.15) is 5.75 Å². The van der Waals surface area contributed by atoms with E-state index in [2.05, 4.69) is 32.8 Å². The number of amides is 1. The Labute approximate surface area is 156 Å². The Balaban J connectivity index is 1.50. The van der Waals surface area contributed by atoms with E-state index in [1.165, 1.54) is 6.42 Å². The number of nitrogens with zero attached hydrogens (tertiary/aromatic N) is 1. The molecule has 2 bridgehead atoms. The Bertz CT molecular complexity index is 683. The maximum atomic E-state index is 12.7. The Morgan fingerprint density at radius 2 is 1.96 bits per heavy atom. The molecule has 5 nitrogen and oxygen atoms in total. The van der Waals surface area contributed by atoms with Crippen LogP contribution < -0.4 is 10.2 Å². The van der Waals surface area contributed by atoms with Crippen LogP contribution in [0.25, 0.3) is 5.70 Å². The fourth-order valence-corrected chi connectivity index (χ4v) is 4.87. The lowest BCUT2D eigenvalue weighted by molar-refractivity contribution is -0.139. The summed E-state index contributed by atoms with van der Waals surface area (Å²) in [4.78, 5) is 20.1. The van der Waals surface area contributed by atoms with Crippen LogP contribution in [0.5, 0.6) is 5.75 Å². The van der Waals surface area contributed by atoms with E-state index >= 15 is 0 Å². The van der Waals surface area contributed by atoms with Crippen LogP contribution >= 0.6 is 0 Å². The van der Waals surface area contributed by atoms with Crippen molar-refractivity contribution in [2.24, 2.45) is 10.8 Å². The molecule has 1 heterocycles. The molecule has 1 aromatic carbocycles. The first-order valence-electron chi connectivity index (χ1n) is 9.22. The highest BCUT2D eigenvalue weighted by Gasteiger charge is 2.50. The molecule has 0 unspecified atom stereocenters. The molecule has 2 atom stereocenters. The van der Waals surface area contributed by atoms with Crippen molar-refractivity contribution in [1.29, 1.82) is 0 Å². The van der Waals surface area contributed by atoms with E-state index in [0.29, 0.717) is 17.2 Å². The highest BCUT2D eigenvalue weighted by molar-refractivity contribution is 5.78. The van der Waals surface area contributed by atoms with E-state index in [0.717, 1.165) is 30.7 Å². The Hall–Kier alpha value is -2.01. The number of likely N-dealkylation sites (tertiary alicyclic amines) is 1. The van der Waals surface area contributed by atoms with Crippen LogP contribution in [-0.2, 0) is 9.63 Å². The van der Waals surface area contributed by atoms with Gasteiger partial charge in [-0.2, -0.15) is 0 Å². The summed E-state index contributed by atoms with van der Waals surface area (Å²) in [7, 11) is 1.63. The molecule has 1 aliphatic heterocycles. The molecule has 26 heavy (non-hydrogen) atoms. The molecule has 1 N–H and O–H groups in total. The van der Waals surface area contributed by atoms with Crippen LogP contribution in [0.2, 0.25) is 0 Å². The summed E-state index contributed by atoms with van der Waals surface area (Å²) >= 11 is 0. The number of carbonyl (C=O) groups excluding carboxylic acids is 1. The van der Waals surface area contributed by atoms with E-state index in [1.54, 1.807) is 7.11 Å². The third kappa shape index (κ3) is 4.04. The Morgan fingerprint density at radius 3 is 2.62 bits per heavy atom. The van der Waals surface area contributed by atoms with Crippen molar-refractivity contribution in [2.45, 2.75) is 46.1 Å². The van der Waals surface area contributed by atoms with Crippen molar-refractivity contribution in [1.82, 2.24) is 10.4 Å². The molecular weight excluding hydrogens is 328 g/mol. The summed E-state index contributed by atoms with van der Waals surface area (Å²) in [6, 6.07) is 7.85. The lowest BCUT2D eigenvalue weighted by Crippen LogP contribution is -2.40. The normalized spacial score (nSPS) is 26.5. The number of carbonyl (C=O) groups is 1. The van der Waals surface area contributed by atoms with Crippen molar-refractivity contribution < 1.29 is 14.4 Å². The second-order valence-corrected chi connectivity index (χ2v) is 8.83. The minimum atomic E-state index is 0.0161. The molecule has 2 aliphatic rings. The topological polar surface area (TPSA) is 50.8 Å². The third-order valence-corrected chi connectivity index (χ3v) is 5.56. The van der Waals surface area contributed by atoms with E-state index in [-0.39, 0.29) is 17.9 Å². The van der Waals surface area contributed by atoms with Gasteiger partial charge in [-0.25, -0.2) is 0 Å². The first-order valence-corrected chi connectivity index (χ1v) is 9.22. The number of hydrogen-bond donors (Lipinski definition) is 1. The SMILES string of the molecule is C=C(NOCC(=O)N1C[C@]2(C)C[C@H]1CC(C)(C)C2)c1ccc(OC)cc1. The van der Waals surface area contributed by atoms with Crippen LogP contribution in [-0.4, -0.2) is 37.1 Å². The first kappa shape index (κ1) is 18.8. The number of hydroxylamine groups is 1. The minimum absolute atomic E-state index is 0.0161. The van der Waals surface area contributed by atoms with Gasteiger partial charge in [-0.15, -0.1) is 0 Å². The van der Waals surface area contributed by atoms with E-state index in [9.17, 15) is 4.79 Å². The van der Waals surface area contributed by atoms with Crippen molar-refractivity contribution in [3.8, 4) is 5.75 Å². The summed E-state index contributed by atoms with van der Waals surface area (Å²) in [5.41, 5.74) is 4.84. The highest BCUT2D eigenvalue weighted by atomic mass is 16.6. The smallest absolute Gasteiger partial charge is 0.251 e. The monoisotopic (exact) mass is 358 g/mol. The number of ether oxygens (including phenoxy) is 1. The quantitative estimate of drug-likeness (QED) is 0.789. The van der Waals surface area contributed by atoms with Crippen molar-refractivity contribution in [2.75, 3.05) is 20.3 Å². The van der Waals surface area contributed by atoms with Crippen LogP contribution in [0, 0.1) is 10.8 Å². The van der Waals surface area contributed by atoms with E-state index in [4.69, 9.17) is 9.57 Å².